The molecule has 2 heterocycles. The lowest BCUT2D eigenvalue weighted by Gasteiger charge is -2.02. The lowest BCUT2D eigenvalue weighted by atomic mass is 10.1. The number of nitrogens with zero attached hydrogens (tertiary/aromatic N) is 1. The fourth-order valence-corrected chi connectivity index (χ4v) is 3.06. The number of H-pyrrole nitrogens is 1. The van der Waals surface area contributed by atoms with Gasteiger partial charge in [0.2, 0.25) is 0 Å². The molecule has 1 N–H and O–H groups in total. The summed E-state index contributed by atoms with van der Waals surface area (Å²) >= 11 is 4.92. The minimum absolute atomic E-state index is 0.0637. The number of fused-ring (bicyclic) bond motifs is 1. The molecule has 18 heavy (non-hydrogen) atoms. The molecule has 0 unspecified atom stereocenters. The van der Waals surface area contributed by atoms with E-state index in [4.69, 9.17) is 0 Å². The molecular weight excluding hydrogens is 312 g/mol. The van der Waals surface area contributed by atoms with E-state index in [0.29, 0.717) is 17.6 Å². The molecule has 2 aromatic heterocycles. The van der Waals surface area contributed by atoms with Gasteiger partial charge in [-0.05, 0) is 29.1 Å². The second-order valence-electron chi connectivity index (χ2n) is 3.96. The molecule has 0 spiro atoms. The maximum atomic E-state index is 11.8. The summed E-state index contributed by atoms with van der Waals surface area (Å²) in [5.41, 5.74) is 1.05. The SMILES string of the molecule is O=c1[nH]c(Cc2cccc(Br)c2)nc2sccc12. The van der Waals surface area contributed by atoms with Crippen molar-refractivity contribution < 1.29 is 0 Å². The summed E-state index contributed by atoms with van der Waals surface area (Å²) in [6, 6.07) is 9.79. The molecule has 0 aliphatic rings. The number of hydrogen-bond donors (Lipinski definition) is 1. The highest BCUT2D eigenvalue weighted by molar-refractivity contribution is 9.10. The molecule has 3 rings (SSSR count). The van der Waals surface area contributed by atoms with Gasteiger partial charge in [-0.15, -0.1) is 11.3 Å². The molecule has 0 fully saturated rings. The van der Waals surface area contributed by atoms with Crippen LogP contribution in [0.15, 0.2) is 45.0 Å². The van der Waals surface area contributed by atoms with E-state index in [-0.39, 0.29) is 5.56 Å². The van der Waals surface area contributed by atoms with E-state index in [0.717, 1.165) is 14.9 Å². The zero-order valence-corrected chi connectivity index (χ0v) is 11.7. The predicted molar refractivity (Wildman–Crippen MR) is 77.2 cm³/mol. The standard InChI is InChI=1S/C13H9BrN2OS/c14-9-3-1-2-8(6-9)7-11-15-12(17)10-4-5-18-13(10)16-11/h1-6H,7H2,(H,15,16,17). The number of nitrogens with one attached hydrogen (secondary N) is 1. The highest BCUT2D eigenvalue weighted by Crippen LogP contribution is 2.17. The van der Waals surface area contributed by atoms with Crippen molar-refractivity contribution in [2.45, 2.75) is 6.42 Å². The molecule has 5 heteroatoms. The first-order chi connectivity index (χ1) is 8.72. The summed E-state index contributed by atoms with van der Waals surface area (Å²) in [7, 11) is 0. The van der Waals surface area contributed by atoms with Crippen LogP contribution in [0.3, 0.4) is 0 Å². The zero-order chi connectivity index (χ0) is 12.5. The van der Waals surface area contributed by atoms with E-state index in [9.17, 15) is 4.79 Å². The maximum Gasteiger partial charge on any atom is 0.259 e. The van der Waals surface area contributed by atoms with Gasteiger partial charge in [0.15, 0.2) is 0 Å². The smallest absolute Gasteiger partial charge is 0.259 e. The Morgan fingerprint density at radius 1 is 1.33 bits per heavy atom. The van der Waals surface area contributed by atoms with Crippen LogP contribution < -0.4 is 5.56 Å². The molecule has 0 amide bonds. The first kappa shape index (κ1) is 11.6. The summed E-state index contributed by atoms with van der Waals surface area (Å²) in [6.45, 7) is 0. The first-order valence-corrected chi connectivity index (χ1v) is 7.10. The Morgan fingerprint density at radius 3 is 3.06 bits per heavy atom. The Kier molecular flexibility index (Phi) is 3.01. The number of rotatable bonds is 2. The highest BCUT2D eigenvalue weighted by atomic mass is 79.9. The summed E-state index contributed by atoms with van der Waals surface area (Å²) in [5.74, 6) is 0.702. The third-order valence-corrected chi connectivity index (χ3v) is 3.94. The van der Waals surface area contributed by atoms with Crippen LogP contribution in [0.5, 0.6) is 0 Å². The Balaban J connectivity index is 2.02. The van der Waals surface area contributed by atoms with Gasteiger partial charge in [0, 0.05) is 10.9 Å². The largest absolute Gasteiger partial charge is 0.310 e. The minimum Gasteiger partial charge on any atom is -0.310 e. The van der Waals surface area contributed by atoms with E-state index in [1.54, 1.807) is 6.07 Å². The molecule has 1 aromatic carbocycles. The number of benzene rings is 1. The molecule has 3 aromatic rings. The van der Waals surface area contributed by atoms with Crippen molar-refractivity contribution in [3.63, 3.8) is 0 Å². The van der Waals surface area contributed by atoms with Crippen LogP contribution in [0, 0.1) is 0 Å². The van der Waals surface area contributed by atoms with E-state index in [1.165, 1.54) is 11.3 Å². The summed E-state index contributed by atoms with van der Waals surface area (Å²) in [6.07, 6.45) is 0.628. The highest BCUT2D eigenvalue weighted by Gasteiger charge is 2.05. The van der Waals surface area contributed by atoms with Crippen LogP contribution in [-0.4, -0.2) is 9.97 Å². The topological polar surface area (TPSA) is 45.8 Å². The van der Waals surface area contributed by atoms with Crippen LogP contribution in [0.2, 0.25) is 0 Å². The van der Waals surface area contributed by atoms with Gasteiger partial charge in [-0.25, -0.2) is 4.98 Å². The Bertz CT molecular complexity index is 763. The maximum absolute atomic E-state index is 11.8. The molecule has 0 bridgehead atoms. The molecule has 0 aliphatic heterocycles. The van der Waals surface area contributed by atoms with E-state index >= 15 is 0 Å². The lowest BCUT2D eigenvalue weighted by molar-refractivity contribution is 0.976. The van der Waals surface area contributed by atoms with Gasteiger partial charge in [0.1, 0.15) is 10.7 Å². The molecular formula is C13H9BrN2OS. The first-order valence-electron chi connectivity index (χ1n) is 5.43. The molecule has 0 radical (unpaired) electrons. The molecule has 0 saturated heterocycles. The monoisotopic (exact) mass is 320 g/mol. The molecule has 0 saturated carbocycles. The fourth-order valence-electron chi connectivity index (χ4n) is 1.83. The number of halogens is 1. The summed E-state index contributed by atoms with van der Waals surface area (Å²) in [4.78, 5) is 19.9. The number of thiophene rings is 1. The van der Waals surface area contributed by atoms with Crippen LogP contribution >= 0.6 is 27.3 Å². The van der Waals surface area contributed by atoms with Gasteiger partial charge in [0.25, 0.3) is 5.56 Å². The zero-order valence-electron chi connectivity index (χ0n) is 9.31. The number of aromatic amines is 1. The molecule has 0 aliphatic carbocycles. The van der Waals surface area contributed by atoms with Crippen molar-refractivity contribution in [2.24, 2.45) is 0 Å². The predicted octanol–water partition coefficient (Wildman–Crippen LogP) is 3.34. The van der Waals surface area contributed by atoms with Crippen LogP contribution in [0.1, 0.15) is 11.4 Å². The Labute approximate surface area is 116 Å². The Morgan fingerprint density at radius 2 is 2.22 bits per heavy atom. The van der Waals surface area contributed by atoms with Gasteiger partial charge in [-0.3, -0.25) is 4.79 Å². The van der Waals surface area contributed by atoms with Gasteiger partial charge < -0.3 is 4.98 Å². The lowest BCUT2D eigenvalue weighted by Crippen LogP contribution is -2.10. The van der Waals surface area contributed by atoms with Crippen LogP contribution in [0.4, 0.5) is 0 Å². The molecule has 90 valence electrons. The Hall–Kier alpha value is -1.46. The van der Waals surface area contributed by atoms with Crippen molar-refractivity contribution in [3.8, 4) is 0 Å². The van der Waals surface area contributed by atoms with Crippen molar-refractivity contribution in [1.82, 2.24) is 9.97 Å². The number of aromatic nitrogens is 2. The van der Waals surface area contributed by atoms with E-state index in [1.807, 2.05) is 29.6 Å². The van der Waals surface area contributed by atoms with Crippen LogP contribution in [0.25, 0.3) is 10.2 Å². The average molecular weight is 321 g/mol. The third-order valence-electron chi connectivity index (χ3n) is 2.64. The normalized spacial score (nSPS) is 10.9. The molecule has 3 nitrogen and oxygen atoms in total. The van der Waals surface area contributed by atoms with Gasteiger partial charge >= 0.3 is 0 Å². The summed E-state index contributed by atoms with van der Waals surface area (Å²) in [5, 5.41) is 2.55. The number of hydrogen-bond acceptors (Lipinski definition) is 3. The quantitative estimate of drug-likeness (QED) is 0.787. The van der Waals surface area contributed by atoms with Crippen molar-refractivity contribution >= 4 is 37.5 Å². The van der Waals surface area contributed by atoms with Gasteiger partial charge in [0.05, 0.1) is 5.39 Å². The minimum atomic E-state index is -0.0637. The molecule has 0 atom stereocenters. The van der Waals surface area contributed by atoms with Crippen molar-refractivity contribution in [1.29, 1.82) is 0 Å². The van der Waals surface area contributed by atoms with Gasteiger partial charge in [-0.1, -0.05) is 28.1 Å². The second-order valence-corrected chi connectivity index (χ2v) is 5.77. The van der Waals surface area contributed by atoms with E-state index < -0.39 is 0 Å². The second kappa shape index (κ2) is 4.66. The van der Waals surface area contributed by atoms with Gasteiger partial charge in [-0.2, -0.15) is 0 Å². The van der Waals surface area contributed by atoms with Crippen molar-refractivity contribution in [3.05, 3.63) is 61.9 Å². The fraction of sp³-hybridized carbons (Fsp3) is 0.0769. The van der Waals surface area contributed by atoms with Crippen molar-refractivity contribution in [2.75, 3.05) is 0 Å². The average Bonchev–Trinajstić information content (AvgIpc) is 2.77. The third kappa shape index (κ3) is 2.23. The summed E-state index contributed by atoms with van der Waals surface area (Å²) < 4.78 is 1.03. The van der Waals surface area contributed by atoms with E-state index in [2.05, 4.69) is 25.9 Å². The van der Waals surface area contributed by atoms with Crippen LogP contribution in [-0.2, 0) is 6.42 Å².